The molecule has 3 nitrogen and oxygen atoms in total. The van der Waals surface area contributed by atoms with Crippen molar-refractivity contribution < 1.29 is 4.74 Å². The van der Waals surface area contributed by atoms with E-state index in [2.05, 4.69) is 35.1 Å². The maximum atomic E-state index is 5.44. The lowest BCUT2D eigenvalue weighted by atomic mass is 10.2. The van der Waals surface area contributed by atoms with Crippen LogP contribution in [0.15, 0.2) is 48.7 Å². The van der Waals surface area contributed by atoms with Gasteiger partial charge in [0.25, 0.3) is 0 Å². The van der Waals surface area contributed by atoms with E-state index in [1.165, 1.54) is 5.56 Å². The van der Waals surface area contributed by atoms with Crippen molar-refractivity contribution in [1.82, 2.24) is 9.88 Å². The molecule has 0 bridgehead atoms. The average Bonchev–Trinajstić information content (AvgIpc) is 2.42. The normalized spacial score (nSPS) is 10.7. The highest BCUT2D eigenvalue weighted by Crippen LogP contribution is 2.13. The van der Waals surface area contributed by atoms with Crippen molar-refractivity contribution in [2.24, 2.45) is 0 Å². The first-order valence-electron chi connectivity index (χ1n) is 6.58. The Labute approximate surface area is 114 Å². The van der Waals surface area contributed by atoms with Gasteiger partial charge in [0.1, 0.15) is 5.75 Å². The van der Waals surface area contributed by atoms with Gasteiger partial charge in [-0.3, -0.25) is 9.88 Å². The first kappa shape index (κ1) is 13.6. The van der Waals surface area contributed by atoms with Gasteiger partial charge in [-0.1, -0.05) is 18.2 Å². The second kappa shape index (κ2) is 6.90. The summed E-state index contributed by atoms with van der Waals surface area (Å²) in [6.07, 6.45) is 1.83. The van der Waals surface area contributed by atoms with Crippen LogP contribution in [0, 0.1) is 0 Å². The quantitative estimate of drug-likeness (QED) is 0.794. The summed E-state index contributed by atoms with van der Waals surface area (Å²) in [4.78, 5) is 6.59. The van der Waals surface area contributed by atoms with Crippen molar-refractivity contribution in [3.05, 3.63) is 59.9 Å². The van der Waals surface area contributed by atoms with Gasteiger partial charge in [-0.15, -0.1) is 0 Å². The molecule has 1 aromatic carbocycles. The van der Waals surface area contributed by atoms with E-state index in [1.54, 1.807) is 0 Å². The molecule has 0 aliphatic heterocycles. The van der Waals surface area contributed by atoms with Crippen molar-refractivity contribution >= 4 is 0 Å². The van der Waals surface area contributed by atoms with Gasteiger partial charge in [-0.05, 0) is 43.8 Å². The topological polar surface area (TPSA) is 25.4 Å². The monoisotopic (exact) mass is 256 g/mol. The van der Waals surface area contributed by atoms with Crippen molar-refractivity contribution in [3.8, 4) is 5.75 Å². The van der Waals surface area contributed by atoms with Crippen molar-refractivity contribution in [3.63, 3.8) is 0 Å². The third-order valence-electron chi connectivity index (χ3n) is 2.84. The van der Waals surface area contributed by atoms with Gasteiger partial charge >= 0.3 is 0 Å². The van der Waals surface area contributed by atoms with E-state index < -0.39 is 0 Å². The van der Waals surface area contributed by atoms with Crippen molar-refractivity contribution in [1.29, 1.82) is 0 Å². The molecule has 0 N–H and O–H groups in total. The number of aromatic nitrogens is 1. The molecule has 0 spiro atoms. The molecule has 0 saturated carbocycles. The molecular formula is C16H20N2O. The summed E-state index contributed by atoms with van der Waals surface area (Å²) in [5, 5.41) is 0. The summed E-state index contributed by atoms with van der Waals surface area (Å²) in [6.45, 7) is 4.46. The molecule has 0 fully saturated rings. The molecule has 0 amide bonds. The van der Waals surface area contributed by atoms with Crippen LogP contribution < -0.4 is 4.74 Å². The maximum Gasteiger partial charge on any atom is 0.119 e. The van der Waals surface area contributed by atoms with Crippen LogP contribution in [0.3, 0.4) is 0 Å². The van der Waals surface area contributed by atoms with Gasteiger partial charge in [0.15, 0.2) is 0 Å². The predicted octanol–water partition coefficient (Wildman–Crippen LogP) is 3.11. The van der Waals surface area contributed by atoms with E-state index in [0.29, 0.717) is 6.61 Å². The lowest BCUT2D eigenvalue weighted by Gasteiger charge is -2.16. The van der Waals surface area contributed by atoms with E-state index >= 15 is 0 Å². The highest BCUT2D eigenvalue weighted by atomic mass is 16.5. The zero-order valence-electron chi connectivity index (χ0n) is 11.5. The number of hydrogen-bond donors (Lipinski definition) is 0. The minimum Gasteiger partial charge on any atom is -0.494 e. The van der Waals surface area contributed by atoms with Crippen LogP contribution >= 0.6 is 0 Å². The summed E-state index contributed by atoms with van der Waals surface area (Å²) in [6, 6.07) is 14.3. The molecule has 0 unspecified atom stereocenters. The van der Waals surface area contributed by atoms with Gasteiger partial charge < -0.3 is 4.74 Å². The van der Waals surface area contributed by atoms with Crippen LogP contribution in [0.5, 0.6) is 5.75 Å². The molecule has 2 aromatic rings. The van der Waals surface area contributed by atoms with Gasteiger partial charge in [-0.25, -0.2) is 0 Å². The number of nitrogens with zero attached hydrogens (tertiary/aromatic N) is 2. The van der Waals surface area contributed by atoms with Gasteiger partial charge in [-0.2, -0.15) is 0 Å². The van der Waals surface area contributed by atoms with Crippen molar-refractivity contribution in [2.75, 3.05) is 13.7 Å². The summed E-state index contributed by atoms with van der Waals surface area (Å²) < 4.78 is 5.44. The van der Waals surface area contributed by atoms with Gasteiger partial charge in [0.2, 0.25) is 0 Å². The second-order valence-corrected chi connectivity index (χ2v) is 4.57. The predicted molar refractivity (Wildman–Crippen MR) is 77.0 cm³/mol. The smallest absolute Gasteiger partial charge is 0.119 e. The molecule has 1 aromatic heterocycles. The maximum absolute atomic E-state index is 5.44. The van der Waals surface area contributed by atoms with E-state index in [1.807, 2.05) is 37.4 Å². The third-order valence-corrected chi connectivity index (χ3v) is 2.84. The molecule has 1 heterocycles. The molecule has 0 aliphatic carbocycles. The minimum absolute atomic E-state index is 0.707. The SMILES string of the molecule is CCOc1ccc(CN(C)Cc2ccccn2)cc1. The molecule has 100 valence electrons. The second-order valence-electron chi connectivity index (χ2n) is 4.57. The molecule has 0 aliphatic rings. The van der Waals surface area contributed by atoms with E-state index in [9.17, 15) is 0 Å². The largest absolute Gasteiger partial charge is 0.494 e. The number of ether oxygens (including phenoxy) is 1. The zero-order chi connectivity index (χ0) is 13.5. The number of hydrogen-bond acceptors (Lipinski definition) is 3. The molecule has 0 atom stereocenters. The van der Waals surface area contributed by atoms with Crippen LogP contribution in [0.4, 0.5) is 0 Å². The molecule has 0 radical (unpaired) electrons. The zero-order valence-corrected chi connectivity index (χ0v) is 11.5. The highest BCUT2D eigenvalue weighted by molar-refractivity contribution is 5.27. The highest BCUT2D eigenvalue weighted by Gasteiger charge is 2.02. The third kappa shape index (κ3) is 4.38. The number of benzene rings is 1. The fourth-order valence-corrected chi connectivity index (χ4v) is 1.99. The lowest BCUT2D eigenvalue weighted by molar-refractivity contribution is 0.314. The standard InChI is InChI=1S/C16H20N2O/c1-3-19-16-9-7-14(8-10-16)12-18(2)13-15-6-4-5-11-17-15/h4-11H,3,12-13H2,1-2H3. The summed E-state index contributed by atoms with van der Waals surface area (Å²) in [5.41, 5.74) is 2.37. The summed E-state index contributed by atoms with van der Waals surface area (Å²) in [5.74, 6) is 0.929. The van der Waals surface area contributed by atoms with E-state index in [0.717, 1.165) is 24.5 Å². The van der Waals surface area contributed by atoms with Gasteiger partial charge in [0, 0.05) is 19.3 Å². The number of pyridine rings is 1. The Morgan fingerprint density at radius 1 is 1.05 bits per heavy atom. The molecule has 0 saturated heterocycles. The fraction of sp³-hybridized carbons (Fsp3) is 0.312. The molecular weight excluding hydrogens is 236 g/mol. The Kier molecular flexibility index (Phi) is 4.93. The summed E-state index contributed by atoms with van der Waals surface area (Å²) in [7, 11) is 2.10. The van der Waals surface area contributed by atoms with Gasteiger partial charge in [0.05, 0.1) is 12.3 Å². The summed E-state index contributed by atoms with van der Waals surface area (Å²) >= 11 is 0. The average molecular weight is 256 g/mol. The van der Waals surface area contributed by atoms with Crippen LogP contribution in [0.1, 0.15) is 18.2 Å². The fourth-order valence-electron chi connectivity index (χ4n) is 1.99. The van der Waals surface area contributed by atoms with E-state index in [-0.39, 0.29) is 0 Å². The van der Waals surface area contributed by atoms with Crippen LogP contribution in [0.2, 0.25) is 0 Å². The Morgan fingerprint density at radius 2 is 1.84 bits per heavy atom. The lowest BCUT2D eigenvalue weighted by Crippen LogP contribution is -2.17. The molecule has 3 heteroatoms. The Balaban J connectivity index is 1.89. The Bertz CT molecular complexity index is 482. The molecule has 19 heavy (non-hydrogen) atoms. The van der Waals surface area contributed by atoms with Crippen LogP contribution in [-0.4, -0.2) is 23.5 Å². The van der Waals surface area contributed by atoms with E-state index in [4.69, 9.17) is 4.74 Å². The van der Waals surface area contributed by atoms with Crippen LogP contribution in [0.25, 0.3) is 0 Å². The first-order chi connectivity index (χ1) is 9.28. The number of rotatable bonds is 6. The Morgan fingerprint density at radius 3 is 2.47 bits per heavy atom. The Hall–Kier alpha value is -1.87. The minimum atomic E-state index is 0.707. The van der Waals surface area contributed by atoms with Crippen molar-refractivity contribution in [2.45, 2.75) is 20.0 Å². The van der Waals surface area contributed by atoms with Crippen LogP contribution in [-0.2, 0) is 13.1 Å². The first-order valence-corrected chi connectivity index (χ1v) is 6.58. The molecule has 2 rings (SSSR count).